The second-order valence-electron chi connectivity index (χ2n) is 5.87. The van der Waals surface area contributed by atoms with Gasteiger partial charge in [-0.3, -0.25) is 10.1 Å². The molecule has 2 aliphatic rings. The number of rotatable bonds is 3. The SMILES string of the molecule is CCC1NCC(=O)N1C1CCCCC1C(C)C. The molecule has 1 aliphatic heterocycles. The van der Waals surface area contributed by atoms with E-state index in [9.17, 15) is 4.79 Å². The summed E-state index contributed by atoms with van der Waals surface area (Å²) >= 11 is 0. The molecule has 2 fully saturated rings. The van der Waals surface area contributed by atoms with Crippen molar-refractivity contribution in [1.82, 2.24) is 10.2 Å². The van der Waals surface area contributed by atoms with Crippen molar-refractivity contribution < 1.29 is 4.79 Å². The van der Waals surface area contributed by atoms with Crippen molar-refractivity contribution in [1.29, 1.82) is 0 Å². The number of hydrogen-bond acceptors (Lipinski definition) is 2. The highest BCUT2D eigenvalue weighted by molar-refractivity contribution is 5.81. The Kier molecular flexibility index (Phi) is 4.08. The lowest BCUT2D eigenvalue weighted by molar-refractivity contribution is -0.132. The van der Waals surface area contributed by atoms with E-state index >= 15 is 0 Å². The number of carbonyl (C=O) groups is 1. The molecule has 1 saturated carbocycles. The van der Waals surface area contributed by atoms with Crippen molar-refractivity contribution in [2.75, 3.05) is 6.54 Å². The van der Waals surface area contributed by atoms with Crippen LogP contribution in [0.25, 0.3) is 0 Å². The first-order valence-electron chi connectivity index (χ1n) is 7.19. The van der Waals surface area contributed by atoms with Gasteiger partial charge in [0, 0.05) is 6.04 Å². The molecule has 3 unspecified atom stereocenters. The second-order valence-corrected chi connectivity index (χ2v) is 5.87. The van der Waals surface area contributed by atoms with E-state index < -0.39 is 0 Å². The Morgan fingerprint density at radius 1 is 1.35 bits per heavy atom. The first kappa shape index (κ1) is 12.9. The normalized spacial score (nSPS) is 34.7. The van der Waals surface area contributed by atoms with E-state index in [0.717, 1.165) is 6.42 Å². The van der Waals surface area contributed by atoms with Gasteiger partial charge in [-0.2, -0.15) is 0 Å². The van der Waals surface area contributed by atoms with Crippen LogP contribution in [0, 0.1) is 11.8 Å². The molecule has 1 amide bonds. The highest BCUT2D eigenvalue weighted by Gasteiger charge is 2.40. The van der Waals surface area contributed by atoms with Crippen molar-refractivity contribution in [3.05, 3.63) is 0 Å². The fourth-order valence-electron chi connectivity index (χ4n) is 3.59. The lowest BCUT2D eigenvalue weighted by Crippen LogP contribution is -2.50. The van der Waals surface area contributed by atoms with Gasteiger partial charge in [0.1, 0.15) is 0 Å². The number of amides is 1. The highest BCUT2D eigenvalue weighted by atomic mass is 16.2. The summed E-state index contributed by atoms with van der Waals surface area (Å²) in [6, 6.07) is 0.483. The quantitative estimate of drug-likeness (QED) is 0.818. The molecule has 0 radical (unpaired) electrons. The van der Waals surface area contributed by atoms with Gasteiger partial charge in [-0.25, -0.2) is 0 Å². The third-order valence-corrected chi connectivity index (χ3v) is 4.49. The average Bonchev–Trinajstić information content (AvgIpc) is 2.70. The van der Waals surface area contributed by atoms with Crippen LogP contribution in [0.15, 0.2) is 0 Å². The molecule has 0 bridgehead atoms. The second kappa shape index (κ2) is 5.38. The maximum absolute atomic E-state index is 12.1. The van der Waals surface area contributed by atoms with E-state index in [1.54, 1.807) is 0 Å². The van der Waals surface area contributed by atoms with Gasteiger partial charge in [-0.1, -0.05) is 33.6 Å². The van der Waals surface area contributed by atoms with Crippen LogP contribution in [-0.4, -0.2) is 29.6 Å². The van der Waals surface area contributed by atoms with Crippen LogP contribution < -0.4 is 5.32 Å². The summed E-state index contributed by atoms with van der Waals surface area (Å²) in [7, 11) is 0. The first-order chi connectivity index (χ1) is 8.15. The van der Waals surface area contributed by atoms with E-state index in [0.29, 0.717) is 30.3 Å². The lowest BCUT2D eigenvalue weighted by atomic mass is 9.77. The molecular weight excluding hydrogens is 212 g/mol. The maximum atomic E-state index is 12.1. The van der Waals surface area contributed by atoms with Crippen LogP contribution in [0.2, 0.25) is 0 Å². The van der Waals surface area contributed by atoms with Gasteiger partial charge >= 0.3 is 0 Å². The van der Waals surface area contributed by atoms with Crippen molar-refractivity contribution >= 4 is 5.91 Å². The van der Waals surface area contributed by atoms with Gasteiger partial charge in [0.25, 0.3) is 0 Å². The fraction of sp³-hybridized carbons (Fsp3) is 0.929. The van der Waals surface area contributed by atoms with Crippen molar-refractivity contribution in [3.8, 4) is 0 Å². The molecule has 0 aromatic carbocycles. The van der Waals surface area contributed by atoms with Crippen LogP contribution >= 0.6 is 0 Å². The zero-order valence-electron chi connectivity index (χ0n) is 11.4. The minimum absolute atomic E-state index is 0.284. The van der Waals surface area contributed by atoms with E-state index in [-0.39, 0.29) is 6.17 Å². The van der Waals surface area contributed by atoms with Crippen molar-refractivity contribution in [3.63, 3.8) is 0 Å². The third kappa shape index (κ3) is 2.49. The topological polar surface area (TPSA) is 32.3 Å². The summed E-state index contributed by atoms with van der Waals surface area (Å²) < 4.78 is 0. The molecule has 1 aliphatic carbocycles. The van der Waals surface area contributed by atoms with Gasteiger partial charge in [-0.05, 0) is 31.1 Å². The Labute approximate surface area is 105 Å². The lowest BCUT2D eigenvalue weighted by Gasteiger charge is -2.42. The first-order valence-corrected chi connectivity index (χ1v) is 7.19. The molecule has 3 heteroatoms. The monoisotopic (exact) mass is 238 g/mol. The molecule has 3 nitrogen and oxygen atoms in total. The molecule has 1 heterocycles. The Morgan fingerprint density at radius 2 is 2.06 bits per heavy atom. The number of carbonyl (C=O) groups excluding carboxylic acids is 1. The van der Waals surface area contributed by atoms with Crippen molar-refractivity contribution in [2.24, 2.45) is 11.8 Å². The smallest absolute Gasteiger partial charge is 0.238 e. The van der Waals surface area contributed by atoms with Crippen LogP contribution in [0.4, 0.5) is 0 Å². The Balaban J connectivity index is 2.14. The van der Waals surface area contributed by atoms with E-state index in [2.05, 4.69) is 31.0 Å². The molecule has 0 spiro atoms. The van der Waals surface area contributed by atoms with Crippen LogP contribution in [0.3, 0.4) is 0 Å². The Hall–Kier alpha value is -0.570. The number of nitrogens with zero attached hydrogens (tertiary/aromatic N) is 1. The standard InChI is InChI=1S/C14H26N2O/c1-4-13-15-9-14(17)16(13)12-8-6-5-7-11(12)10(2)3/h10-13,15H,4-9H2,1-3H3. The average molecular weight is 238 g/mol. The predicted octanol–water partition coefficient (Wildman–Crippen LogP) is 2.37. The maximum Gasteiger partial charge on any atom is 0.238 e. The number of nitrogens with one attached hydrogen (secondary N) is 1. The van der Waals surface area contributed by atoms with Gasteiger partial charge in [0.05, 0.1) is 12.7 Å². The summed E-state index contributed by atoms with van der Waals surface area (Å²) in [6.45, 7) is 7.31. The van der Waals surface area contributed by atoms with E-state index in [1.807, 2.05) is 0 Å². The minimum Gasteiger partial charge on any atom is -0.323 e. The summed E-state index contributed by atoms with van der Waals surface area (Å²) in [5, 5.41) is 3.34. The van der Waals surface area contributed by atoms with Gasteiger partial charge < -0.3 is 4.90 Å². The molecule has 3 atom stereocenters. The van der Waals surface area contributed by atoms with E-state index in [1.165, 1.54) is 25.7 Å². The Bertz CT molecular complexity index is 277. The fourth-order valence-corrected chi connectivity index (χ4v) is 3.59. The molecule has 0 aromatic heterocycles. The highest BCUT2D eigenvalue weighted by Crippen LogP contribution is 2.35. The molecular formula is C14H26N2O. The molecule has 0 aromatic rings. The number of hydrogen-bond donors (Lipinski definition) is 1. The largest absolute Gasteiger partial charge is 0.323 e. The zero-order chi connectivity index (χ0) is 12.4. The molecule has 2 rings (SSSR count). The zero-order valence-corrected chi connectivity index (χ0v) is 11.4. The Morgan fingerprint density at radius 3 is 2.71 bits per heavy atom. The molecule has 98 valence electrons. The predicted molar refractivity (Wildman–Crippen MR) is 69.5 cm³/mol. The van der Waals surface area contributed by atoms with Crippen molar-refractivity contribution in [2.45, 2.75) is 65.1 Å². The van der Waals surface area contributed by atoms with E-state index in [4.69, 9.17) is 0 Å². The molecule has 1 N–H and O–H groups in total. The van der Waals surface area contributed by atoms with Crippen LogP contribution in [0.1, 0.15) is 52.9 Å². The summed E-state index contributed by atoms with van der Waals surface area (Å²) in [5.41, 5.74) is 0. The summed E-state index contributed by atoms with van der Waals surface area (Å²) in [6.07, 6.45) is 6.43. The van der Waals surface area contributed by atoms with Crippen LogP contribution in [-0.2, 0) is 4.79 Å². The minimum atomic E-state index is 0.284. The van der Waals surface area contributed by atoms with Crippen LogP contribution in [0.5, 0.6) is 0 Å². The molecule has 1 saturated heterocycles. The van der Waals surface area contributed by atoms with Gasteiger partial charge in [-0.15, -0.1) is 0 Å². The summed E-state index contributed by atoms with van der Waals surface area (Å²) in [4.78, 5) is 14.2. The van der Waals surface area contributed by atoms with Gasteiger partial charge in [0.2, 0.25) is 5.91 Å². The third-order valence-electron chi connectivity index (χ3n) is 4.49. The summed E-state index contributed by atoms with van der Waals surface area (Å²) in [5.74, 6) is 1.70. The molecule has 17 heavy (non-hydrogen) atoms. The van der Waals surface area contributed by atoms with Gasteiger partial charge in [0.15, 0.2) is 0 Å².